The molecule has 5 rings (SSSR count). The van der Waals surface area contributed by atoms with Crippen molar-refractivity contribution in [2.75, 3.05) is 26.3 Å². The molecule has 0 aliphatic carbocycles. The molecular weight excluding hydrogens is 358 g/mol. The molecule has 0 spiro atoms. The third kappa shape index (κ3) is 2.63. The normalized spacial score (nSPS) is 30.0. The molecule has 0 radical (unpaired) electrons. The smallest absolute Gasteiger partial charge is 0.318 e. The van der Waals surface area contributed by atoms with Crippen LogP contribution in [-0.2, 0) is 0 Å². The number of urea groups is 1. The molecule has 0 saturated carbocycles. The molecular formula is C21H27N3O4. The monoisotopic (exact) mass is 385 g/mol. The van der Waals surface area contributed by atoms with Crippen LogP contribution in [0.4, 0.5) is 4.79 Å². The first-order chi connectivity index (χ1) is 13.5. The fourth-order valence-corrected chi connectivity index (χ4v) is 5.58. The minimum Gasteiger partial charge on any atom is -0.486 e. The van der Waals surface area contributed by atoms with Gasteiger partial charge in [0.15, 0.2) is 11.5 Å². The second-order valence-electron chi connectivity index (χ2n) is 8.59. The summed E-state index contributed by atoms with van der Waals surface area (Å²) in [6.45, 7) is 6.37. The fraction of sp³-hybridized carbons (Fsp3) is 0.619. The first-order valence-corrected chi connectivity index (χ1v) is 10.3. The van der Waals surface area contributed by atoms with Gasteiger partial charge in [0.2, 0.25) is 0 Å². The molecule has 7 heteroatoms. The van der Waals surface area contributed by atoms with Gasteiger partial charge in [-0.1, -0.05) is 6.07 Å². The van der Waals surface area contributed by atoms with E-state index in [9.17, 15) is 9.59 Å². The Morgan fingerprint density at radius 1 is 1.07 bits per heavy atom. The maximum absolute atomic E-state index is 13.2. The van der Waals surface area contributed by atoms with Crippen molar-refractivity contribution in [3.8, 4) is 11.5 Å². The number of likely N-dealkylation sites (tertiary alicyclic amines) is 1. The van der Waals surface area contributed by atoms with Gasteiger partial charge in [0.05, 0.1) is 5.56 Å². The Hall–Kier alpha value is -2.44. The van der Waals surface area contributed by atoms with E-state index in [0.717, 1.165) is 12.8 Å². The average molecular weight is 385 g/mol. The van der Waals surface area contributed by atoms with Crippen LogP contribution in [0.3, 0.4) is 0 Å². The zero-order chi connectivity index (χ0) is 19.4. The molecule has 4 atom stereocenters. The topological polar surface area (TPSA) is 71.1 Å². The molecule has 150 valence electrons. The fourth-order valence-electron chi connectivity index (χ4n) is 5.58. The van der Waals surface area contributed by atoms with Crippen LogP contribution in [0.15, 0.2) is 18.2 Å². The van der Waals surface area contributed by atoms with Crippen molar-refractivity contribution in [1.29, 1.82) is 0 Å². The summed E-state index contributed by atoms with van der Waals surface area (Å²) in [6.07, 6.45) is 2.08. The lowest BCUT2D eigenvalue weighted by molar-refractivity contribution is 0.0758. The van der Waals surface area contributed by atoms with Gasteiger partial charge in [-0.25, -0.2) is 4.79 Å². The third-order valence-corrected chi connectivity index (χ3v) is 6.60. The van der Waals surface area contributed by atoms with Gasteiger partial charge in [-0.05, 0) is 38.8 Å². The van der Waals surface area contributed by atoms with Gasteiger partial charge in [-0.3, -0.25) is 4.79 Å². The van der Waals surface area contributed by atoms with E-state index >= 15 is 0 Å². The summed E-state index contributed by atoms with van der Waals surface area (Å²) >= 11 is 0. The largest absolute Gasteiger partial charge is 0.486 e. The number of fused-ring (bicyclic) bond motifs is 6. The van der Waals surface area contributed by atoms with Gasteiger partial charge in [-0.15, -0.1) is 0 Å². The van der Waals surface area contributed by atoms with E-state index in [4.69, 9.17) is 9.47 Å². The van der Waals surface area contributed by atoms with Crippen molar-refractivity contribution in [3.05, 3.63) is 23.8 Å². The highest BCUT2D eigenvalue weighted by atomic mass is 16.6. The van der Waals surface area contributed by atoms with Crippen molar-refractivity contribution < 1.29 is 19.1 Å². The molecule has 1 aromatic rings. The number of ether oxygens (including phenoxy) is 2. The Kier molecular flexibility index (Phi) is 4.14. The van der Waals surface area contributed by atoms with Crippen LogP contribution < -0.4 is 14.8 Å². The SMILES string of the molecule is CC(C)NC(=O)N1[C@@H]2CC[C@H]1[C@H]1CN(C(=O)c3cccc4c3OCCO4)C[C@H]12. The quantitative estimate of drug-likeness (QED) is 0.847. The number of amides is 3. The highest BCUT2D eigenvalue weighted by Crippen LogP contribution is 2.49. The summed E-state index contributed by atoms with van der Waals surface area (Å²) in [5.74, 6) is 1.97. The number of hydrogen-bond acceptors (Lipinski definition) is 4. The minimum atomic E-state index is 0.00864. The van der Waals surface area contributed by atoms with Crippen molar-refractivity contribution in [3.63, 3.8) is 0 Å². The molecule has 4 aliphatic heterocycles. The third-order valence-electron chi connectivity index (χ3n) is 6.60. The molecule has 28 heavy (non-hydrogen) atoms. The average Bonchev–Trinajstić information content (AvgIpc) is 3.37. The second-order valence-corrected chi connectivity index (χ2v) is 8.59. The molecule has 1 N–H and O–H groups in total. The van der Waals surface area contributed by atoms with Gasteiger partial charge in [0.1, 0.15) is 13.2 Å². The molecule has 3 saturated heterocycles. The molecule has 0 unspecified atom stereocenters. The Morgan fingerprint density at radius 2 is 1.75 bits per heavy atom. The summed E-state index contributed by atoms with van der Waals surface area (Å²) in [4.78, 5) is 29.9. The number of carbonyl (C=O) groups excluding carboxylic acids is 2. The number of benzene rings is 1. The van der Waals surface area contributed by atoms with Crippen LogP contribution in [0, 0.1) is 11.8 Å². The maximum atomic E-state index is 13.2. The zero-order valence-electron chi connectivity index (χ0n) is 16.4. The second kappa shape index (κ2) is 6.57. The first-order valence-electron chi connectivity index (χ1n) is 10.3. The van der Waals surface area contributed by atoms with Crippen LogP contribution in [0.5, 0.6) is 11.5 Å². The van der Waals surface area contributed by atoms with Gasteiger partial charge in [-0.2, -0.15) is 0 Å². The number of hydrogen-bond donors (Lipinski definition) is 1. The summed E-state index contributed by atoms with van der Waals surface area (Å²) in [7, 11) is 0. The standard InChI is InChI=1S/C21H27N3O4/c1-12(2)22-21(26)24-16-6-7-17(24)15-11-23(10-14(15)16)20(25)13-4-3-5-18-19(13)28-9-8-27-18/h3-5,12,14-17H,6-11H2,1-2H3,(H,22,26)/t14-,15+,16-,17+. The number of para-hydroxylation sites is 1. The molecule has 4 heterocycles. The van der Waals surface area contributed by atoms with Crippen LogP contribution in [0.2, 0.25) is 0 Å². The molecule has 4 aliphatic rings. The van der Waals surface area contributed by atoms with E-state index in [0.29, 0.717) is 55.2 Å². The van der Waals surface area contributed by atoms with E-state index in [1.54, 1.807) is 0 Å². The van der Waals surface area contributed by atoms with Crippen LogP contribution in [-0.4, -0.2) is 66.2 Å². The highest BCUT2D eigenvalue weighted by Gasteiger charge is 2.58. The molecule has 7 nitrogen and oxygen atoms in total. The Morgan fingerprint density at radius 3 is 2.43 bits per heavy atom. The maximum Gasteiger partial charge on any atom is 0.318 e. The summed E-state index contributed by atoms with van der Waals surface area (Å²) in [5, 5.41) is 3.04. The number of rotatable bonds is 2. The van der Waals surface area contributed by atoms with Crippen molar-refractivity contribution in [2.45, 2.75) is 44.8 Å². The lowest BCUT2D eigenvalue weighted by Crippen LogP contribution is -2.48. The molecule has 0 aromatic heterocycles. The molecule has 1 aromatic carbocycles. The number of nitrogens with zero attached hydrogens (tertiary/aromatic N) is 2. The van der Waals surface area contributed by atoms with Gasteiger partial charge < -0.3 is 24.6 Å². The Bertz CT molecular complexity index is 791. The summed E-state index contributed by atoms with van der Waals surface area (Å²) in [5.41, 5.74) is 0.582. The van der Waals surface area contributed by atoms with E-state index in [-0.39, 0.29) is 30.1 Å². The van der Waals surface area contributed by atoms with Crippen LogP contribution in [0.1, 0.15) is 37.0 Å². The minimum absolute atomic E-state index is 0.00864. The van der Waals surface area contributed by atoms with Crippen LogP contribution >= 0.6 is 0 Å². The van der Waals surface area contributed by atoms with Gasteiger partial charge in [0, 0.05) is 43.1 Å². The van der Waals surface area contributed by atoms with Gasteiger partial charge >= 0.3 is 6.03 Å². The predicted molar refractivity (Wildman–Crippen MR) is 103 cm³/mol. The number of carbonyl (C=O) groups is 2. The van der Waals surface area contributed by atoms with E-state index in [1.165, 1.54) is 0 Å². The summed E-state index contributed by atoms with van der Waals surface area (Å²) < 4.78 is 11.4. The van der Waals surface area contributed by atoms with Gasteiger partial charge in [0.25, 0.3) is 5.91 Å². The lowest BCUT2D eigenvalue weighted by Gasteiger charge is -2.28. The van der Waals surface area contributed by atoms with E-state index < -0.39 is 0 Å². The lowest BCUT2D eigenvalue weighted by atomic mass is 9.82. The van der Waals surface area contributed by atoms with Crippen molar-refractivity contribution in [1.82, 2.24) is 15.1 Å². The number of nitrogens with one attached hydrogen (secondary N) is 1. The molecule has 3 fully saturated rings. The first kappa shape index (κ1) is 17.6. The summed E-state index contributed by atoms with van der Waals surface area (Å²) in [6, 6.07) is 6.19. The predicted octanol–water partition coefficient (Wildman–Crippen LogP) is 2.11. The van der Waals surface area contributed by atoms with E-state index in [2.05, 4.69) is 10.2 Å². The molecule has 2 bridgehead atoms. The zero-order valence-corrected chi connectivity index (χ0v) is 16.4. The Balaban J connectivity index is 1.33. The Labute approximate surface area is 165 Å². The van der Waals surface area contributed by atoms with Crippen molar-refractivity contribution in [2.24, 2.45) is 11.8 Å². The van der Waals surface area contributed by atoms with Crippen LogP contribution in [0.25, 0.3) is 0 Å². The molecule has 3 amide bonds. The highest BCUT2D eigenvalue weighted by molar-refractivity contribution is 5.98. The van der Waals surface area contributed by atoms with Crippen molar-refractivity contribution >= 4 is 11.9 Å². The van der Waals surface area contributed by atoms with E-state index in [1.807, 2.05) is 36.9 Å².